The Kier molecular flexibility index (Phi) is 2.01. The van der Waals surface area contributed by atoms with Crippen molar-refractivity contribution in [3.63, 3.8) is 0 Å². The fourth-order valence-electron chi connectivity index (χ4n) is 3.46. The van der Waals surface area contributed by atoms with E-state index in [1.807, 2.05) is 6.92 Å². The van der Waals surface area contributed by atoms with Gasteiger partial charge in [0.05, 0.1) is 6.42 Å². The van der Waals surface area contributed by atoms with Gasteiger partial charge in [0.15, 0.2) is 0 Å². The average molecular weight is 212 g/mol. The summed E-state index contributed by atoms with van der Waals surface area (Å²) in [5.41, 5.74) is -0.526. The molecule has 3 unspecified atom stereocenters. The van der Waals surface area contributed by atoms with Crippen LogP contribution in [0.15, 0.2) is 0 Å². The van der Waals surface area contributed by atoms with Crippen LogP contribution in [0.2, 0.25) is 0 Å². The molecule has 2 aliphatic rings. The molecule has 3 nitrogen and oxygen atoms in total. The van der Waals surface area contributed by atoms with Crippen molar-refractivity contribution >= 4 is 5.97 Å². The van der Waals surface area contributed by atoms with Crippen LogP contribution in [0.1, 0.15) is 47.0 Å². The molecule has 3 heteroatoms. The van der Waals surface area contributed by atoms with Gasteiger partial charge in [-0.05, 0) is 31.1 Å². The smallest absolute Gasteiger partial charge is 0.306 e. The molecule has 0 amide bonds. The van der Waals surface area contributed by atoms with Crippen molar-refractivity contribution in [3.8, 4) is 0 Å². The molecule has 0 aromatic rings. The number of carboxylic acids is 1. The second-order valence-electron chi connectivity index (χ2n) is 5.89. The van der Waals surface area contributed by atoms with E-state index >= 15 is 0 Å². The number of hydrogen-bond donors (Lipinski definition) is 1. The van der Waals surface area contributed by atoms with Gasteiger partial charge in [0.2, 0.25) is 0 Å². The lowest BCUT2D eigenvalue weighted by Gasteiger charge is -2.30. The molecule has 1 heterocycles. The minimum Gasteiger partial charge on any atom is -0.481 e. The molecule has 0 radical (unpaired) electrons. The zero-order chi connectivity index (χ0) is 11.5. The van der Waals surface area contributed by atoms with Crippen LogP contribution in [0.3, 0.4) is 0 Å². The van der Waals surface area contributed by atoms with E-state index in [-0.39, 0.29) is 17.4 Å². The maximum absolute atomic E-state index is 10.8. The molecule has 1 saturated carbocycles. The molecule has 1 spiro atoms. The second-order valence-corrected chi connectivity index (χ2v) is 5.89. The number of epoxide rings is 1. The Morgan fingerprint density at radius 3 is 2.47 bits per heavy atom. The third kappa shape index (κ3) is 1.19. The molecule has 2 fully saturated rings. The lowest BCUT2D eigenvalue weighted by Crippen LogP contribution is -2.37. The summed E-state index contributed by atoms with van der Waals surface area (Å²) in [6.45, 7) is 8.59. The first-order valence-corrected chi connectivity index (χ1v) is 5.67. The molecule has 15 heavy (non-hydrogen) atoms. The maximum Gasteiger partial charge on any atom is 0.306 e. The quantitative estimate of drug-likeness (QED) is 0.715. The van der Waals surface area contributed by atoms with E-state index in [9.17, 15) is 4.79 Å². The summed E-state index contributed by atoms with van der Waals surface area (Å²) >= 11 is 0. The molecule has 1 N–H and O–H groups in total. The Balaban J connectivity index is 2.23. The first-order chi connectivity index (χ1) is 6.75. The monoisotopic (exact) mass is 212 g/mol. The number of carbonyl (C=O) groups is 1. The normalized spacial score (nSPS) is 47.1. The van der Waals surface area contributed by atoms with Crippen molar-refractivity contribution in [2.45, 2.75) is 58.2 Å². The second kappa shape index (κ2) is 2.76. The van der Waals surface area contributed by atoms with Gasteiger partial charge in [0.25, 0.3) is 0 Å². The summed E-state index contributed by atoms with van der Waals surface area (Å²) in [5.74, 6) is -0.155. The molecule has 1 aliphatic carbocycles. The van der Waals surface area contributed by atoms with E-state index in [2.05, 4.69) is 20.8 Å². The van der Waals surface area contributed by atoms with Crippen molar-refractivity contribution in [3.05, 3.63) is 0 Å². The zero-order valence-electron chi connectivity index (χ0n) is 9.96. The van der Waals surface area contributed by atoms with Crippen molar-refractivity contribution < 1.29 is 14.6 Å². The van der Waals surface area contributed by atoms with Crippen molar-refractivity contribution in [2.24, 2.45) is 11.3 Å². The number of rotatable bonds is 2. The van der Waals surface area contributed by atoms with Crippen molar-refractivity contribution in [1.82, 2.24) is 0 Å². The predicted octanol–water partition coefficient (Wildman–Crippen LogP) is 2.44. The van der Waals surface area contributed by atoms with Gasteiger partial charge in [-0.2, -0.15) is 0 Å². The highest BCUT2D eigenvalue weighted by molar-refractivity contribution is 5.69. The van der Waals surface area contributed by atoms with Gasteiger partial charge >= 0.3 is 5.97 Å². The van der Waals surface area contributed by atoms with Gasteiger partial charge in [-0.15, -0.1) is 0 Å². The number of hydrogen-bond acceptors (Lipinski definition) is 2. The highest BCUT2D eigenvalue weighted by Crippen LogP contribution is 2.68. The Hall–Kier alpha value is -0.570. The van der Waals surface area contributed by atoms with E-state index in [1.165, 1.54) is 0 Å². The van der Waals surface area contributed by atoms with Crippen LogP contribution in [0, 0.1) is 11.3 Å². The molecule has 3 atom stereocenters. The summed E-state index contributed by atoms with van der Waals surface area (Å²) in [7, 11) is 0. The Morgan fingerprint density at radius 2 is 2.07 bits per heavy atom. The lowest BCUT2D eigenvalue weighted by atomic mass is 9.70. The van der Waals surface area contributed by atoms with Gasteiger partial charge in [-0.1, -0.05) is 20.8 Å². The average Bonchev–Trinajstić information content (AvgIpc) is 2.59. The molecule has 0 aromatic heterocycles. The van der Waals surface area contributed by atoms with Crippen molar-refractivity contribution in [1.29, 1.82) is 0 Å². The highest BCUT2D eigenvalue weighted by atomic mass is 16.6. The van der Waals surface area contributed by atoms with Crippen LogP contribution in [0.5, 0.6) is 0 Å². The molecule has 0 bridgehead atoms. The summed E-state index contributed by atoms with van der Waals surface area (Å²) in [6, 6.07) is 0. The minimum atomic E-state index is -0.760. The van der Waals surface area contributed by atoms with Gasteiger partial charge < -0.3 is 9.84 Å². The summed E-state index contributed by atoms with van der Waals surface area (Å²) < 4.78 is 5.87. The van der Waals surface area contributed by atoms with E-state index in [4.69, 9.17) is 9.84 Å². The molecule has 1 aliphatic heterocycles. The largest absolute Gasteiger partial charge is 0.481 e. The first-order valence-electron chi connectivity index (χ1n) is 5.67. The van der Waals surface area contributed by atoms with E-state index in [1.54, 1.807) is 0 Å². The van der Waals surface area contributed by atoms with Gasteiger partial charge in [-0.25, -0.2) is 0 Å². The van der Waals surface area contributed by atoms with E-state index in [0.717, 1.165) is 12.8 Å². The third-order valence-electron chi connectivity index (χ3n) is 4.90. The molecular formula is C12H20O3. The predicted molar refractivity (Wildman–Crippen MR) is 56.7 cm³/mol. The first kappa shape index (κ1) is 10.9. The van der Waals surface area contributed by atoms with E-state index < -0.39 is 11.6 Å². The summed E-state index contributed by atoms with van der Waals surface area (Å²) in [6.07, 6.45) is 2.27. The standard InChI is InChI=1S/C12H20O3/c1-8-5-6-12(10(8,2)3)11(4,15-12)7-9(13)14/h8H,5-7H2,1-4H3,(H,13,14). The molecule has 1 saturated heterocycles. The van der Waals surface area contributed by atoms with Gasteiger partial charge in [-0.3, -0.25) is 4.79 Å². The van der Waals surface area contributed by atoms with Gasteiger partial charge in [0.1, 0.15) is 11.2 Å². The van der Waals surface area contributed by atoms with Crippen molar-refractivity contribution in [2.75, 3.05) is 0 Å². The van der Waals surface area contributed by atoms with Crippen LogP contribution in [-0.2, 0) is 9.53 Å². The van der Waals surface area contributed by atoms with Crippen LogP contribution >= 0.6 is 0 Å². The van der Waals surface area contributed by atoms with Gasteiger partial charge in [0, 0.05) is 0 Å². The Morgan fingerprint density at radius 1 is 1.47 bits per heavy atom. The number of carboxylic acid groups (broad SMARTS) is 1. The molecule has 2 rings (SSSR count). The Bertz CT molecular complexity index is 310. The van der Waals surface area contributed by atoms with Crippen LogP contribution in [0.25, 0.3) is 0 Å². The van der Waals surface area contributed by atoms with Crippen LogP contribution < -0.4 is 0 Å². The molecular weight excluding hydrogens is 192 g/mol. The minimum absolute atomic E-state index is 0.0944. The number of aliphatic carboxylic acids is 1. The topological polar surface area (TPSA) is 49.8 Å². The molecule has 86 valence electrons. The van der Waals surface area contributed by atoms with E-state index in [0.29, 0.717) is 5.92 Å². The van der Waals surface area contributed by atoms with Crippen LogP contribution in [-0.4, -0.2) is 22.3 Å². The highest BCUT2D eigenvalue weighted by Gasteiger charge is 2.76. The number of ether oxygens (including phenoxy) is 1. The SMILES string of the molecule is CC1CCC2(OC2(C)CC(=O)O)C1(C)C. The third-order valence-corrected chi connectivity index (χ3v) is 4.90. The molecule has 0 aromatic carbocycles. The zero-order valence-corrected chi connectivity index (χ0v) is 9.96. The summed E-state index contributed by atoms with van der Waals surface area (Å²) in [4.78, 5) is 10.8. The van der Waals surface area contributed by atoms with Crippen LogP contribution in [0.4, 0.5) is 0 Å². The maximum atomic E-state index is 10.8. The lowest BCUT2D eigenvalue weighted by molar-refractivity contribution is -0.138. The Labute approximate surface area is 90.8 Å². The summed E-state index contributed by atoms with van der Waals surface area (Å²) in [5, 5.41) is 8.89. The fourth-order valence-corrected chi connectivity index (χ4v) is 3.46. The fraction of sp³-hybridized carbons (Fsp3) is 0.917.